The standard InChI is InChI=1S/C15H10Cl3FN2/c16-10-5-8(6-11(17)15(10)19)20-7-13-14(18)9-3-1-2-4-12(9)21-13/h1-6,20-21H,7H2. The van der Waals surface area contributed by atoms with Crippen LogP contribution in [-0.4, -0.2) is 4.98 Å². The fourth-order valence-electron chi connectivity index (χ4n) is 2.13. The van der Waals surface area contributed by atoms with Crippen molar-refractivity contribution in [1.29, 1.82) is 0 Å². The lowest BCUT2D eigenvalue weighted by atomic mass is 10.2. The van der Waals surface area contributed by atoms with Gasteiger partial charge in [0.1, 0.15) is 0 Å². The SMILES string of the molecule is Fc1c(Cl)cc(NCc2[nH]c3ccccc3c2Cl)cc1Cl. The molecule has 21 heavy (non-hydrogen) atoms. The van der Waals surface area contributed by atoms with E-state index in [4.69, 9.17) is 34.8 Å². The molecule has 108 valence electrons. The molecule has 3 aromatic rings. The monoisotopic (exact) mass is 342 g/mol. The number of anilines is 1. The third kappa shape index (κ3) is 2.82. The molecule has 6 heteroatoms. The molecule has 0 atom stereocenters. The van der Waals surface area contributed by atoms with Crippen molar-refractivity contribution in [3.05, 3.63) is 63.0 Å². The van der Waals surface area contributed by atoms with Crippen molar-refractivity contribution in [1.82, 2.24) is 4.98 Å². The van der Waals surface area contributed by atoms with E-state index in [0.29, 0.717) is 17.3 Å². The van der Waals surface area contributed by atoms with Crippen molar-refractivity contribution in [3.8, 4) is 0 Å². The number of benzene rings is 2. The number of hydrogen-bond donors (Lipinski definition) is 2. The number of halogens is 4. The van der Waals surface area contributed by atoms with Gasteiger partial charge in [-0.05, 0) is 18.2 Å². The summed E-state index contributed by atoms with van der Waals surface area (Å²) >= 11 is 17.9. The Hall–Kier alpha value is -1.42. The van der Waals surface area contributed by atoms with Gasteiger partial charge in [-0.3, -0.25) is 0 Å². The predicted molar refractivity (Wildman–Crippen MR) is 87.1 cm³/mol. The average Bonchev–Trinajstić information content (AvgIpc) is 2.79. The van der Waals surface area contributed by atoms with E-state index in [2.05, 4.69) is 10.3 Å². The van der Waals surface area contributed by atoms with E-state index in [1.165, 1.54) is 12.1 Å². The molecule has 1 aromatic heterocycles. The summed E-state index contributed by atoms with van der Waals surface area (Å²) in [5.41, 5.74) is 2.44. The van der Waals surface area contributed by atoms with Gasteiger partial charge >= 0.3 is 0 Å². The van der Waals surface area contributed by atoms with Crippen LogP contribution < -0.4 is 5.32 Å². The molecule has 0 unspecified atom stereocenters. The Morgan fingerprint density at radius 2 is 1.71 bits per heavy atom. The Balaban J connectivity index is 1.85. The number of fused-ring (bicyclic) bond motifs is 1. The fourth-order valence-corrected chi connectivity index (χ4v) is 2.90. The van der Waals surface area contributed by atoms with Crippen LogP contribution in [0.2, 0.25) is 15.1 Å². The topological polar surface area (TPSA) is 27.8 Å². The lowest BCUT2D eigenvalue weighted by Crippen LogP contribution is -2.00. The van der Waals surface area contributed by atoms with Gasteiger partial charge in [-0.2, -0.15) is 0 Å². The Kier molecular flexibility index (Phi) is 3.98. The quantitative estimate of drug-likeness (QED) is 0.571. The van der Waals surface area contributed by atoms with E-state index < -0.39 is 5.82 Å². The summed E-state index contributed by atoms with van der Waals surface area (Å²) in [6.07, 6.45) is 0. The largest absolute Gasteiger partial charge is 0.379 e. The van der Waals surface area contributed by atoms with E-state index in [1.807, 2.05) is 24.3 Å². The van der Waals surface area contributed by atoms with Gasteiger partial charge in [-0.25, -0.2) is 4.39 Å². The van der Waals surface area contributed by atoms with E-state index in [1.54, 1.807) is 0 Å². The lowest BCUT2D eigenvalue weighted by Gasteiger charge is -2.07. The highest BCUT2D eigenvalue weighted by Crippen LogP contribution is 2.30. The van der Waals surface area contributed by atoms with Crippen LogP contribution in [0.15, 0.2) is 36.4 Å². The summed E-state index contributed by atoms with van der Waals surface area (Å²) in [6.45, 7) is 0.450. The second-order valence-electron chi connectivity index (χ2n) is 4.57. The summed E-state index contributed by atoms with van der Waals surface area (Å²) in [5.74, 6) is -0.618. The maximum absolute atomic E-state index is 13.4. The van der Waals surface area contributed by atoms with Gasteiger partial charge in [0.05, 0.1) is 27.3 Å². The number of H-pyrrole nitrogens is 1. The highest BCUT2D eigenvalue weighted by Gasteiger charge is 2.10. The van der Waals surface area contributed by atoms with Crippen LogP contribution in [0.3, 0.4) is 0 Å². The minimum Gasteiger partial charge on any atom is -0.379 e. The Bertz CT molecular complexity index is 791. The van der Waals surface area contributed by atoms with Gasteiger partial charge in [-0.15, -0.1) is 0 Å². The summed E-state index contributed by atoms with van der Waals surface area (Å²) < 4.78 is 13.4. The maximum atomic E-state index is 13.4. The third-order valence-electron chi connectivity index (χ3n) is 3.17. The third-order valence-corrected chi connectivity index (χ3v) is 4.15. The molecule has 0 fully saturated rings. The van der Waals surface area contributed by atoms with Crippen molar-refractivity contribution in [3.63, 3.8) is 0 Å². The van der Waals surface area contributed by atoms with Crippen LogP contribution in [0, 0.1) is 5.82 Å². The number of para-hydroxylation sites is 1. The van der Waals surface area contributed by atoms with Gasteiger partial charge in [-0.1, -0.05) is 53.0 Å². The molecule has 0 saturated carbocycles. The van der Waals surface area contributed by atoms with E-state index in [0.717, 1.165) is 16.6 Å². The molecular formula is C15H10Cl3FN2. The zero-order chi connectivity index (χ0) is 15.0. The minimum atomic E-state index is -0.618. The number of hydrogen-bond acceptors (Lipinski definition) is 1. The first kappa shape index (κ1) is 14.5. The van der Waals surface area contributed by atoms with Gasteiger partial charge in [0.25, 0.3) is 0 Å². The highest BCUT2D eigenvalue weighted by molar-refractivity contribution is 6.36. The van der Waals surface area contributed by atoms with E-state index in [9.17, 15) is 4.39 Å². The first-order chi connectivity index (χ1) is 10.1. The molecule has 3 rings (SSSR count). The van der Waals surface area contributed by atoms with Gasteiger partial charge < -0.3 is 10.3 Å². The van der Waals surface area contributed by atoms with Crippen molar-refractivity contribution >= 4 is 51.4 Å². The first-order valence-corrected chi connectivity index (χ1v) is 7.33. The molecule has 0 aliphatic carbocycles. The first-order valence-electron chi connectivity index (χ1n) is 6.20. The van der Waals surface area contributed by atoms with Gasteiger partial charge in [0.2, 0.25) is 0 Å². The molecule has 0 aliphatic heterocycles. The second-order valence-corrected chi connectivity index (χ2v) is 5.76. The summed E-state index contributed by atoms with van der Waals surface area (Å²) in [5, 5.41) is 4.71. The molecule has 0 spiro atoms. The molecule has 2 N–H and O–H groups in total. The summed E-state index contributed by atoms with van der Waals surface area (Å²) in [7, 11) is 0. The summed E-state index contributed by atoms with van der Waals surface area (Å²) in [6, 6.07) is 10.7. The Morgan fingerprint density at radius 3 is 2.38 bits per heavy atom. The Labute approximate surface area is 135 Å². The van der Waals surface area contributed by atoms with Crippen LogP contribution in [0.1, 0.15) is 5.69 Å². The van der Waals surface area contributed by atoms with Crippen molar-refractivity contribution < 1.29 is 4.39 Å². The van der Waals surface area contributed by atoms with Crippen LogP contribution >= 0.6 is 34.8 Å². The predicted octanol–water partition coefficient (Wildman–Crippen LogP) is 5.88. The van der Waals surface area contributed by atoms with Crippen molar-refractivity contribution in [2.24, 2.45) is 0 Å². The Morgan fingerprint density at radius 1 is 1.05 bits per heavy atom. The van der Waals surface area contributed by atoms with Crippen LogP contribution in [-0.2, 0) is 6.54 Å². The van der Waals surface area contributed by atoms with Crippen molar-refractivity contribution in [2.45, 2.75) is 6.54 Å². The average molecular weight is 344 g/mol. The molecule has 0 saturated heterocycles. The molecule has 0 aliphatic rings. The maximum Gasteiger partial charge on any atom is 0.160 e. The number of nitrogens with one attached hydrogen (secondary N) is 2. The van der Waals surface area contributed by atoms with Gasteiger partial charge in [0.15, 0.2) is 5.82 Å². The molecule has 1 heterocycles. The molecule has 0 amide bonds. The zero-order valence-electron chi connectivity index (χ0n) is 10.7. The number of aromatic nitrogens is 1. The second kappa shape index (κ2) is 5.76. The zero-order valence-corrected chi connectivity index (χ0v) is 13.0. The smallest absolute Gasteiger partial charge is 0.160 e. The lowest BCUT2D eigenvalue weighted by molar-refractivity contribution is 0.629. The van der Waals surface area contributed by atoms with Gasteiger partial charge in [0, 0.05) is 16.6 Å². The van der Waals surface area contributed by atoms with Crippen LogP contribution in [0.4, 0.5) is 10.1 Å². The molecule has 2 aromatic carbocycles. The number of rotatable bonds is 3. The molecule has 0 bridgehead atoms. The van der Waals surface area contributed by atoms with E-state index in [-0.39, 0.29) is 10.0 Å². The molecule has 2 nitrogen and oxygen atoms in total. The van der Waals surface area contributed by atoms with Crippen molar-refractivity contribution in [2.75, 3.05) is 5.32 Å². The summed E-state index contributed by atoms with van der Waals surface area (Å²) in [4.78, 5) is 3.24. The molecule has 0 radical (unpaired) electrons. The van der Waals surface area contributed by atoms with E-state index >= 15 is 0 Å². The number of aromatic amines is 1. The van der Waals surface area contributed by atoms with Crippen LogP contribution in [0.25, 0.3) is 10.9 Å². The molecular weight excluding hydrogens is 334 g/mol. The minimum absolute atomic E-state index is 0.0206. The fraction of sp³-hybridized carbons (Fsp3) is 0.0667. The normalized spacial score (nSPS) is 11.0. The highest BCUT2D eigenvalue weighted by atomic mass is 35.5. The van der Waals surface area contributed by atoms with Crippen LogP contribution in [0.5, 0.6) is 0 Å².